The van der Waals surface area contributed by atoms with Crippen LogP contribution in [0.25, 0.3) is 0 Å². The van der Waals surface area contributed by atoms with E-state index >= 15 is 0 Å². The van der Waals surface area contributed by atoms with Gasteiger partial charge in [-0.2, -0.15) is 0 Å². The SMILES string of the molecule is CCNC(=NCCNS(=O)(=O)c1ccccc1)NC1CCN(c2ncccc2F)C1. The van der Waals surface area contributed by atoms with Gasteiger partial charge in [0.05, 0.1) is 11.4 Å². The number of guanidine groups is 1. The molecule has 2 heterocycles. The van der Waals surface area contributed by atoms with Crippen LogP contribution in [-0.4, -0.2) is 58.1 Å². The summed E-state index contributed by atoms with van der Waals surface area (Å²) in [5, 5.41) is 6.49. The van der Waals surface area contributed by atoms with Crippen molar-refractivity contribution in [3.05, 3.63) is 54.5 Å². The third-order valence-electron chi connectivity index (χ3n) is 4.64. The van der Waals surface area contributed by atoms with E-state index in [-0.39, 0.29) is 29.8 Å². The van der Waals surface area contributed by atoms with E-state index in [0.29, 0.717) is 31.4 Å². The van der Waals surface area contributed by atoms with Crippen molar-refractivity contribution in [3.8, 4) is 0 Å². The van der Waals surface area contributed by atoms with Crippen LogP contribution in [0.1, 0.15) is 13.3 Å². The summed E-state index contributed by atoms with van der Waals surface area (Å²) in [6.07, 6.45) is 2.41. The first-order chi connectivity index (χ1) is 14.5. The van der Waals surface area contributed by atoms with Crippen molar-refractivity contribution in [2.24, 2.45) is 4.99 Å². The Kier molecular flexibility index (Phi) is 7.58. The molecular weight excluding hydrogens is 407 g/mol. The Bertz CT molecular complexity index is 955. The number of aliphatic imine (C=N–C) groups is 1. The Morgan fingerprint density at radius 3 is 2.80 bits per heavy atom. The zero-order valence-corrected chi connectivity index (χ0v) is 17.7. The van der Waals surface area contributed by atoms with E-state index < -0.39 is 10.0 Å². The second kappa shape index (κ2) is 10.4. The van der Waals surface area contributed by atoms with Crippen LogP contribution in [-0.2, 0) is 10.0 Å². The van der Waals surface area contributed by atoms with Crippen LogP contribution in [0, 0.1) is 5.82 Å². The van der Waals surface area contributed by atoms with Crippen LogP contribution in [0.15, 0.2) is 58.5 Å². The van der Waals surface area contributed by atoms with Crippen molar-refractivity contribution in [1.82, 2.24) is 20.3 Å². The fraction of sp³-hybridized carbons (Fsp3) is 0.400. The molecule has 1 aromatic heterocycles. The molecule has 1 aliphatic rings. The molecule has 30 heavy (non-hydrogen) atoms. The molecule has 1 aromatic carbocycles. The number of halogens is 1. The summed E-state index contributed by atoms with van der Waals surface area (Å²) in [5.74, 6) is 0.633. The number of pyridine rings is 1. The van der Waals surface area contributed by atoms with Crippen molar-refractivity contribution in [3.63, 3.8) is 0 Å². The lowest BCUT2D eigenvalue weighted by Gasteiger charge is -2.20. The second-order valence-corrected chi connectivity index (χ2v) is 8.62. The van der Waals surface area contributed by atoms with Gasteiger partial charge in [-0.05, 0) is 37.6 Å². The Morgan fingerprint density at radius 1 is 1.27 bits per heavy atom. The third kappa shape index (κ3) is 5.90. The molecule has 3 rings (SSSR count). The fourth-order valence-electron chi connectivity index (χ4n) is 3.22. The molecule has 0 spiro atoms. The standard InChI is InChI=1S/C20H27FN6O2S/c1-2-22-20(24-12-13-25-30(28,29)17-7-4-3-5-8-17)26-16-10-14-27(15-16)19-18(21)9-6-11-23-19/h3-9,11,16,25H,2,10,12-15H2,1H3,(H2,22,24,26). The molecule has 0 amide bonds. The zero-order valence-electron chi connectivity index (χ0n) is 16.9. The zero-order chi connectivity index (χ0) is 21.4. The Balaban J connectivity index is 1.52. The van der Waals surface area contributed by atoms with E-state index in [1.165, 1.54) is 6.07 Å². The van der Waals surface area contributed by atoms with E-state index in [1.807, 2.05) is 11.8 Å². The number of sulfonamides is 1. The number of aromatic nitrogens is 1. The predicted molar refractivity (Wildman–Crippen MR) is 116 cm³/mol. The number of benzene rings is 1. The van der Waals surface area contributed by atoms with E-state index in [0.717, 1.165) is 6.42 Å². The van der Waals surface area contributed by atoms with Crippen molar-refractivity contribution in [1.29, 1.82) is 0 Å². The molecule has 8 nitrogen and oxygen atoms in total. The highest BCUT2D eigenvalue weighted by Crippen LogP contribution is 2.20. The molecule has 0 bridgehead atoms. The highest BCUT2D eigenvalue weighted by Gasteiger charge is 2.25. The third-order valence-corrected chi connectivity index (χ3v) is 6.12. The summed E-state index contributed by atoms with van der Waals surface area (Å²) in [4.78, 5) is 10.7. The van der Waals surface area contributed by atoms with Crippen molar-refractivity contribution in [2.45, 2.75) is 24.3 Å². The van der Waals surface area contributed by atoms with Gasteiger partial charge in [0.2, 0.25) is 10.0 Å². The number of nitrogens with one attached hydrogen (secondary N) is 3. The van der Waals surface area contributed by atoms with Gasteiger partial charge in [-0.3, -0.25) is 4.99 Å². The average Bonchev–Trinajstić information content (AvgIpc) is 3.20. The lowest BCUT2D eigenvalue weighted by molar-refractivity contribution is 0.581. The largest absolute Gasteiger partial charge is 0.357 e. The molecule has 1 atom stereocenters. The van der Waals surface area contributed by atoms with Gasteiger partial charge in [-0.25, -0.2) is 22.5 Å². The maximum Gasteiger partial charge on any atom is 0.240 e. The lowest BCUT2D eigenvalue weighted by Crippen LogP contribution is -2.45. The summed E-state index contributed by atoms with van der Waals surface area (Å²) in [7, 11) is -3.54. The molecular formula is C20H27FN6O2S. The topological polar surface area (TPSA) is 98.7 Å². The monoisotopic (exact) mass is 434 g/mol. The van der Waals surface area contributed by atoms with Crippen LogP contribution in [0.2, 0.25) is 0 Å². The first kappa shape index (κ1) is 22.0. The average molecular weight is 435 g/mol. The van der Waals surface area contributed by atoms with Gasteiger partial charge in [0, 0.05) is 38.4 Å². The number of anilines is 1. The molecule has 1 aliphatic heterocycles. The normalized spacial score (nSPS) is 17.2. The van der Waals surface area contributed by atoms with E-state index in [4.69, 9.17) is 0 Å². The molecule has 1 fully saturated rings. The van der Waals surface area contributed by atoms with Crippen LogP contribution < -0.4 is 20.3 Å². The summed E-state index contributed by atoms with van der Waals surface area (Å²) in [5.41, 5.74) is 0. The van der Waals surface area contributed by atoms with E-state index in [9.17, 15) is 12.8 Å². The van der Waals surface area contributed by atoms with Crippen molar-refractivity contribution < 1.29 is 12.8 Å². The van der Waals surface area contributed by atoms with Gasteiger partial charge >= 0.3 is 0 Å². The Morgan fingerprint density at radius 2 is 2.07 bits per heavy atom. The molecule has 162 valence electrons. The molecule has 3 N–H and O–H groups in total. The minimum absolute atomic E-state index is 0.0882. The Labute approximate surface area is 176 Å². The summed E-state index contributed by atoms with van der Waals surface area (Å²) < 4.78 is 41.0. The highest BCUT2D eigenvalue weighted by atomic mass is 32.2. The Hall–Kier alpha value is -2.72. The summed E-state index contributed by atoms with van der Waals surface area (Å²) >= 11 is 0. The maximum atomic E-state index is 14.0. The van der Waals surface area contributed by atoms with Crippen molar-refractivity contribution in [2.75, 3.05) is 37.6 Å². The van der Waals surface area contributed by atoms with Crippen LogP contribution in [0.4, 0.5) is 10.2 Å². The van der Waals surface area contributed by atoms with Crippen LogP contribution >= 0.6 is 0 Å². The van der Waals surface area contributed by atoms with Gasteiger partial charge in [0.25, 0.3) is 0 Å². The quantitative estimate of drug-likeness (QED) is 0.329. The predicted octanol–water partition coefficient (Wildman–Crippen LogP) is 1.33. The molecule has 0 aliphatic carbocycles. The van der Waals surface area contributed by atoms with Gasteiger partial charge in [-0.15, -0.1) is 0 Å². The number of hydrogen-bond acceptors (Lipinski definition) is 5. The first-order valence-corrected chi connectivity index (χ1v) is 11.4. The van der Waals surface area contributed by atoms with Gasteiger partial charge in [-0.1, -0.05) is 18.2 Å². The molecule has 1 unspecified atom stereocenters. The smallest absolute Gasteiger partial charge is 0.240 e. The minimum Gasteiger partial charge on any atom is -0.357 e. The number of rotatable bonds is 8. The number of nitrogens with zero attached hydrogens (tertiary/aromatic N) is 3. The van der Waals surface area contributed by atoms with E-state index in [2.05, 4.69) is 25.3 Å². The molecule has 0 radical (unpaired) electrons. The van der Waals surface area contributed by atoms with Crippen LogP contribution in [0.3, 0.4) is 0 Å². The molecule has 2 aromatic rings. The van der Waals surface area contributed by atoms with Crippen molar-refractivity contribution >= 4 is 21.8 Å². The summed E-state index contributed by atoms with van der Waals surface area (Å²) in [6.45, 7) is 4.41. The van der Waals surface area contributed by atoms with Gasteiger partial charge in [0.1, 0.15) is 0 Å². The summed E-state index contributed by atoms with van der Waals surface area (Å²) in [6, 6.07) is 11.3. The lowest BCUT2D eigenvalue weighted by atomic mass is 10.3. The minimum atomic E-state index is -3.54. The van der Waals surface area contributed by atoms with E-state index in [1.54, 1.807) is 42.6 Å². The second-order valence-electron chi connectivity index (χ2n) is 6.86. The van der Waals surface area contributed by atoms with Crippen LogP contribution in [0.5, 0.6) is 0 Å². The maximum absolute atomic E-state index is 14.0. The molecule has 0 saturated carbocycles. The fourth-order valence-corrected chi connectivity index (χ4v) is 4.27. The molecule has 10 heteroatoms. The van der Waals surface area contributed by atoms with Gasteiger partial charge < -0.3 is 15.5 Å². The highest BCUT2D eigenvalue weighted by molar-refractivity contribution is 7.89. The number of hydrogen-bond donors (Lipinski definition) is 3. The first-order valence-electron chi connectivity index (χ1n) is 9.94. The molecule has 1 saturated heterocycles. The van der Waals surface area contributed by atoms with Gasteiger partial charge in [0.15, 0.2) is 17.6 Å².